The van der Waals surface area contributed by atoms with Gasteiger partial charge in [-0.2, -0.15) is 5.10 Å². The Morgan fingerprint density at radius 2 is 2.11 bits per heavy atom. The van der Waals surface area contributed by atoms with Crippen molar-refractivity contribution in [2.24, 2.45) is 5.73 Å². The lowest BCUT2D eigenvalue weighted by Gasteiger charge is -2.13. The van der Waals surface area contributed by atoms with E-state index < -0.39 is 0 Å². The number of nitrogens with two attached hydrogens (primary N) is 1. The van der Waals surface area contributed by atoms with Crippen molar-refractivity contribution in [2.75, 3.05) is 0 Å². The quantitative estimate of drug-likeness (QED) is 0.922. The molecule has 1 heterocycles. The lowest BCUT2D eigenvalue weighted by atomic mass is 10.1. The maximum absolute atomic E-state index is 6.23. The van der Waals surface area contributed by atoms with Crippen LogP contribution in [0.4, 0.5) is 0 Å². The van der Waals surface area contributed by atoms with Gasteiger partial charge in [-0.1, -0.05) is 33.6 Å². The molecule has 19 heavy (non-hydrogen) atoms. The summed E-state index contributed by atoms with van der Waals surface area (Å²) in [6.45, 7) is 5.88. The zero-order chi connectivity index (χ0) is 14.2. The molecule has 2 N–H and O–H groups in total. The Morgan fingerprint density at radius 1 is 1.42 bits per heavy atom. The largest absolute Gasteiger partial charge is 0.328 e. The Labute approximate surface area is 126 Å². The molecule has 1 aromatic heterocycles. The van der Waals surface area contributed by atoms with Crippen LogP contribution in [0.3, 0.4) is 0 Å². The predicted octanol–water partition coefficient (Wildman–Crippen LogP) is 3.79. The van der Waals surface area contributed by atoms with E-state index in [4.69, 9.17) is 17.3 Å². The van der Waals surface area contributed by atoms with Crippen LogP contribution >= 0.6 is 27.5 Å². The van der Waals surface area contributed by atoms with Crippen molar-refractivity contribution in [1.82, 2.24) is 9.78 Å². The van der Waals surface area contributed by atoms with Gasteiger partial charge in [-0.15, -0.1) is 0 Å². The first-order valence-corrected chi connectivity index (χ1v) is 7.33. The number of nitrogens with zero attached hydrogens (tertiary/aromatic N) is 2. The summed E-state index contributed by atoms with van der Waals surface area (Å²) < 4.78 is 2.90. The second-order valence-electron chi connectivity index (χ2n) is 4.85. The Balaban J connectivity index is 2.59. The molecule has 1 unspecified atom stereocenters. The molecule has 3 nitrogen and oxygen atoms in total. The van der Waals surface area contributed by atoms with E-state index in [9.17, 15) is 0 Å². The zero-order valence-electron chi connectivity index (χ0n) is 11.2. The van der Waals surface area contributed by atoms with Crippen LogP contribution < -0.4 is 5.73 Å². The number of halogens is 2. The van der Waals surface area contributed by atoms with Gasteiger partial charge in [0.25, 0.3) is 0 Å². The molecular weight excluding hydrogens is 326 g/mol. The maximum atomic E-state index is 6.23. The highest BCUT2D eigenvalue weighted by Gasteiger charge is 2.14. The van der Waals surface area contributed by atoms with Crippen LogP contribution in [0.5, 0.6) is 0 Å². The van der Waals surface area contributed by atoms with E-state index in [1.807, 2.05) is 37.6 Å². The number of hydrogen-bond acceptors (Lipinski definition) is 2. The number of aromatic nitrogens is 2. The highest BCUT2D eigenvalue weighted by Crippen LogP contribution is 2.27. The van der Waals surface area contributed by atoms with E-state index >= 15 is 0 Å². The summed E-state index contributed by atoms with van der Waals surface area (Å²) in [5.74, 6) is 0. The Morgan fingerprint density at radius 3 is 2.63 bits per heavy atom. The molecule has 0 saturated heterocycles. The molecule has 0 spiro atoms. The van der Waals surface area contributed by atoms with Crippen molar-refractivity contribution in [2.45, 2.75) is 33.2 Å². The minimum Gasteiger partial charge on any atom is -0.328 e. The van der Waals surface area contributed by atoms with Crippen LogP contribution in [0, 0.1) is 13.8 Å². The van der Waals surface area contributed by atoms with Crippen LogP contribution in [0.2, 0.25) is 5.02 Å². The summed E-state index contributed by atoms with van der Waals surface area (Å²) in [5, 5.41) is 5.23. The molecular formula is C14H17BrClN3. The Kier molecular flexibility index (Phi) is 4.33. The van der Waals surface area contributed by atoms with Crippen LogP contribution in [0.1, 0.15) is 23.9 Å². The van der Waals surface area contributed by atoms with E-state index in [1.165, 1.54) is 5.56 Å². The van der Waals surface area contributed by atoms with E-state index in [2.05, 4.69) is 27.1 Å². The smallest absolute Gasteiger partial charge is 0.0848 e. The fourth-order valence-corrected chi connectivity index (χ4v) is 2.58. The fraction of sp³-hybridized carbons (Fsp3) is 0.357. The third-order valence-electron chi connectivity index (χ3n) is 3.02. The molecule has 0 aliphatic heterocycles. The first kappa shape index (κ1) is 14.6. The Hall–Kier alpha value is -0.840. The third-order valence-corrected chi connectivity index (χ3v) is 4.06. The number of rotatable bonds is 3. The van der Waals surface area contributed by atoms with E-state index in [0.29, 0.717) is 5.02 Å². The van der Waals surface area contributed by atoms with Crippen molar-refractivity contribution in [3.05, 3.63) is 44.6 Å². The van der Waals surface area contributed by atoms with Gasteiger partial charge in [0.2, 0.25) is 0 Å². The monoisotopic (exact) mass is 341 g/mol. The number of hydrogen-bond donors (Lipinski definition) is 1. The van der Waals surface area contributed by atoms with Crippen molar-refractivity contribution >= 4 is 27.5 Å². The average Bonchev–Trinajstić information content (AvgIpc) is 2.59. The van der Waals surface area contributed by atoms with Gasteiger partial charge < -0.3 is 5.73 Å². The first-order valence-electron chi connectivity index (χ1n) is 6.16. The molecule has 0 saturated carbocycles. The summed E-state index contributed by atoms with van der Waals surface area (Å²) in [5.41, 5.74) is 9.90. The lowest BCUT2D eigenvalue weighted by Crippen LogP contribution is -2.19. The highest BCUT2D eigenvalue weighted by molar-refractivity contribution is 9.10. The standard InChI is InChI=1S/C14H17BrClN3/c1-8(17)6-11-4-5-12(15)7-13(11)19-10(3)14(16)9(2)18-19/h4-5,7-8H,6,17H2,1-3H3. The maximum Gasteiger partial charge on any atom is 0.0848 e. The summed E-state index contributed by atoms with van der Waals surface area (Å²) in [6.07, 6.45) is 0.804. The molecule has 2 aromatic rings. The van der Waals surface area contributed by atoms with Crippen molar-refractivity contribution in [3.8, 4) is 5.69 Å². The molecule has 0 aliphatic rings. The summed E-state index contributed by atoms with van der Waals surface area (Å²) in [6, 6.07) is 6.25. The predicted molar refractivity (Wildman–Crippen MR) is 83.1 cm³/mol. The second kappa shape index (κ2) is 5.65. The van der Waals surface area contributed by atoms with Crippen LogP contribution in [-0.2, 0) is 6.42 Å². The van der Waals surface area contributed by atoms with Crippen molar-refractivity contribution in [3.63, 3.8) is 0 Å². The first-order chi connectivity index (χ1) is 8.90. The molecule has 1 aromatic carbocycles. The topological polar surface area (TPSA) is 43.8 Å². The number of aryl methyl sites for hydroxylation is 1. The van der Waals surface area contributed by atoms with Crippen LogP contribution in [0.25, 0.3) is 5.69 Å². The average molecular weight is 343 g/mol. The fourth-order valence-electron chi connectivity index (χ4n) is 2.11. The van der Waals surface area contributed by atoms with E-state index in [0.717, 1.165) is 28.0 Å². The van der Waals surface area contributed by atoms with Gasteiger partial charge in [-0.3, -0.25) is 0 Å². The Bertz CT molecular complexity index is 605. The number of benzene rings is 1. The summed E-state index contributed by atoms with van der Waals surface area (Å²) in [4.78, 5) is 0. The SMILES string of the molecule is Cc1nn(-c2cc(Br)ccc2CC(C)N)c(C)c1Cl. The van der Waals surface area contributed by atoms with Crippen molar-refractivity contribution in [1.29, 1.82) is 0 Å². The van der Waals surface area contributed by atoms with Gasteiger partial charge in [0, 0.05) is 10.5 Å². The van der Waals surface area contributed by atoms with Gasteiger partial charge >= 0.3 is 0 Å². The van der Waals surface area contributed by atoms with Gasteiger partial charge in [-0.25, -0.2) is 4.68 Å². The summed E-state index contributed by atoms with van der Waals surface area (Å²) >= 11 is 9.73. The molecule has 0 fully saturated rings. The summed E-state index contributed by atoms with van der Waals surface area (Å²) in [7, 11) is 0. The molecule has 1 atom stereocenters. The van der Waals surface area contributed by atoms with E-state index in [-0.39, 0.29) is 6.04 Å². The molecule has 2 rings (SSSR count). The van der Waals surface area contributed by atoms with Gasteiger partial charge in [0.15, 0.2) is 0 Å². The van der Waals surface area contributed by atoms with Crippen LogP contribution in [-0.4, -0.2) is 15.8 Å². The van der Waals surface area contributed by atoms with Gasteiger partial charge in [0.1, 0.15) is 0 Å². The highest BCUT2D eigenvalue weighted by atomic mass is 79.9. The van der Waals surface area contributed by atoms with Gasteiger partial charge in [-0.05, 0) is 44.9 Å². The molecule has 102 valence electrons. The van der Waals surface area contributed by atoms with E-state index in [1.54, 1.807) is 0 Å². The third kappa shape index (κ3) is 3.02. The molecule has 0 amide bonds. The molecule has 5 heteroatoms. The second-order valence-corrected chi connectivity index (χ2v) is 6.14. The lowest BCUT2D eigenvalue weighted by molar-refractivity contribution is 0.723. The van der Waals surface area contributed by atoms with Crippen molar-refractivity contribution < 1.29 is 0 Å². The zero-order valence-corrected chi connectivity index (χ0v) is 13.6. The molecule has 0 radical (unpaired) electrons. The molecule has 0 bridgehead atoms. The minimum atomic E-state index is 0.104. The molecule has 0 aliphatic carbocycles. The van der Waals surface area contributed by atoms with Gasteiger partial charge in [0.05, 0.1) is 22.1 Å². The normalized spacial score (nSPS) is 12.7. The van der Waals surface area contributed by atoms with Crippen LogP contribution in [0.15, 0.2) is 22.7 Å². The minimum absolute atomic E-state index is 0.104.